The number of carboxylic acid groups (broad SMARTS) is 3. The number of hydrogen-bond donors (Lipinski definition) is 18. The van der Waals surface area contributed by atoms with E-state index in [1.165, 1.54) is 24.3 Å². The smallest absolute Gasteiger partial charge is 0.326 e. The molecule has 562 valence electrons. The van der Waals surface area contributed by atoms with E-state index in [9.17, 15) is 82.4 Å². The van der Waals surface area contributed by atoms with Gasteiger partial charge in [0.1, 0.15) is 60.4 Å². The van der Waals surface area contributed by atoms with Crippen LogP contribution in [0.4, 0.5) is 0 Å². The Balaban J connectivity index is 1.86. The Hall–Kier alpha value is -9.09. The maximum absolute atomic E-state index is 14.5. The molecule has 0 saturated heterocycles. The SMILES string of the molecule is CC[C@H](C)[C@H](N)C(=O)N[C@H](Cc1ccccc1)C(=O)N[C@@H](Cc1cnc[nH]1)C(=O)N[C@H](CC(=O)O)C(=O)N[C@@H](CC(N)=O)C(=O)NCCCC[C@H](NC(=O)[C@@H](NC(=O)[C@@H](CCC(=O)O)NC(=O)[C@H](CC(C)C)NC(=O)[C@@H]1CSC([C@@H](N)[C@@H](C)CC)=N1)[C@@H](C)CC)C(=O)N[C@H](CCCN)C(=O)O. The molecule has 0 radical (unpaired) electrons. The van der Waals surface area contributed by atoms with Crippen molar-refractivity contribution in [1.82, 2.24) is 63.1 Å². The first-order valence-corrected chi connectivity index (χ1v) is 35.1. The molecule has 34 nitrogen and oxygen atoms in total. The highest BCUT2D eigenvalue weighted by atomic mass is 32.2. The summed E-state index contributed by atoms with van der Waals surface area (Å²) in [5.74, 6) is -15.4. The van der Waals surface area contributed by atoms with Crippen molar-refractivity contribution in [3.63, 3.8) is 0 Å². The van der Waals surface area contributed by atoms with Gasteiger partial charge in [-0.1, -0.05) is 105 Å². The third kappa shape index (κ3) is 30.3. The van der Waals surface area contributed by atoms with Crippen molar-refractivity contribution in [2.24, 2.45) is 51.6 Å². The molecule has 1 aliphatic heterocycles. The molecular weight excluding hydrogens is 1330 g/mol. The topological polar surface area (TPSA) is 565 Å². The molecule has 15 atom stereocenters. The first-order chi connectivity index (χ1) is 47.7. The summed E-state index contributed by atoms with van der Waals surface area (Å²) in [6.07, 6.45) is 0.760. The molecule has 22 N–H and O–H groups in total. The second kappa shape index (κ2) is 44.2. The number of aromatic nitrogens is 2. The second-order valence-electron chi connectivity index (χ2n) is 25.8. The van der Waals surface area contributed by atoms with Crippen LogP contribution in [-0.2, 0) is 80.0 Å². The molecule has 0 aliphatic carbocycles. The third-order valence-corrected chi connectivity index (χ3v) is 18.4. The molecule has 0 bridgehead atoms. The number of nitrogens with one attached hydrogen (secondary N) is 11. The van der Waals surface area contributed by atoms with Crippen LogP contribution in [0.2, 0.25) is 0 Å². The molecule has 1 aromatic heterocycles. The molecule has 11 amide bonds. The molecule has 0 unspecified atom stereocenters. The number of carbonyl (C=O) groups is 14. The van der Waals surface area contributed by atoms with E-state index in [1.54, 1.807) is 65.0 Å². The summed E-state index contributed by atoms with van der Waals surface area (Å²) in [5.41, 5.74) is 24.7. The van der Waals surface area contributed by atoms with Gasteiger partial charge in [-0.3, -0.25) is 67.3 Å². The Bertz CT molecular complexity index is 3140. The van der Waals surface area contributed by atoms with Crippen LogP contribution in [0.1, 0.15) is 150 Å². The summed E-state index contributed by atoms with van der Waals surface area (Å²) in [7, 11) is 0. The number of benzene rings is 1. The van der Waals surface area contributed by atoms with Crippen molar-refractivity contribution in [2.75, 3.05) is 18.8 Å². The van der Waals surface area contributed by atoms with Crippen molar-refractivity contribution in [2.45, 2.75) is 224 Å². The first kappa shape index (κ1) is 86.1. The number of thioether (sulfide) groups is 1. The molecular formula is C66H105N17O17S. The lowest BCUT2D eigenvalue weighted by Crippen LogP contribution is -2.60. The second-order valence-corrected chi connectivity index (χ2v) is 26.9. The van der Waals surface area contributed by atoms with Crippen LogP contribution in [0, 0.1) is 23.7 Å². The van der Waals surface area contributed by atoms with Crippen LogP contribution in [-0.4, -0.2) is 205 Å². The number of amides is 11. The maximum atomic E-state index is 14.5. The molecule has 35 heteroatoms. The Kier molecular flexibility index (Phi) is 37.7. The van der Waals surface area contributed by atoms with Crippen LogP contribution >= 0.6 is 11.8 Å². The standard InChI is InChI=1S/C66H105N17O17S/c1-9-35(6)52(69)63(97)81-44(27-38-18-13-12-14-19-38)59(93)78-45(28-39-31-71-33-73-39)60(94)80-47(30-51(87)88)61(95)79-46(29-49(68)84)55(89)72-25-16-15-20-40(56(90)76-42(66(99)100)21-17-24-67)75-64(98)54(37(8)11-3)83-57(91)41(22-23-50(85)86)74-58(92)43(26-34(4)5)77-62(96)48-32-101-65(82-48)53(70)36(7)10-2/h12-14,18-19,31,33-37,40-48,52-54H,9-11,15-17,20-30,32,67,69-70H2,1-8H3,(H2,68,84)(H,71,73)(H,72,89)(H,74,92)(H,75,98)(H,76,90)(H,77,96)(H,78,93)(H,79,95)(H,80,94)(H,81,97)(H,83,91)(H,85,86)(H,87,88)(H,99,100)/t35-,36-,37-,40-,41+,42+,43-,44+,45-,46-,47+,48-,52-,53-,54-/m0/s1. The number of nitrogens with two attached hydrogens (primary N) is 4. The Morgan fingerprint density at radius 2 is 1.09 bits per heavy atom. The number of primary amides is 1. The van der Waals surface area contributed by atoms with Crippen molar-refractivity contribution >= 4 is 99.7 Å². The first-order valence-electron chi connectivity index (χ1n) is 34.1. The predicted molar refractivity (Wildman–Crippen MR) is 373 cm³/mol. The predicted octanol–water partition coefficient (Wildman–Crippen LogP) is -1.76. The molecule has 1 aromatic carbocycles. The number of aliphatic carboxylic acids is 3. The number of H-pyrrole nitrogens is 1. The van der Waals surface area contributed by atoms with E-state index in [1.807, 2.05) is 20.8 Å². The lowest BCUT2D eigenvalue weighted by molar-refractivity contribution is -0.143. The minimum atomic E-state index is -1.96. The minimum Gasteiger partial charge on any atom is -0.481 e. The quantitative estimate of drug-likeness (QED) is 0.0326. The van der Waals surface area contributed by atoms with Gasteiger partial charge in [0.15, 0.2) is 0 Å². The van der Waals surface area contributed by atoms with E-state index < -0.39 is 187 Å². The van der Waals surface area contributed by atoms with Crippen molar-refractivity contribution in [1.29, 1.82) is 0 Å². The zero-order valence-corrected chi connectivity index (χ0v) is 59.5. The number of imidazole rings is 1. The van der Waals surface area contributed by atoms with E-state index in [0.717, 1.165) is 6.42 Å². The fourth-order valence-corrected chi connectivity index (χ4v) is 11.6. The van der Waals surface area contributed by atoms with Crippen molar-refractivity contribution < 1.29 is 82.4 Å². The highest BCUT2D eigenvalue weighted by Gasteiger charge is 2.39. The van der Waals surface area contributed by atoms with E-state index in [0.29, 0.717) is 22.7 Å². The molecule has 0 fully saturated rings. The summed E-state index contributed by atoms with van der Waals surface area (Å²) < 4.78 is 0. The number of hydrogen-bond acceptors (Lipinski definition) is 20. The van der Waals surface area contributed by atoms with Gasteiger partial charge in [-0.05, 0) is 80.7 Å². The van der Waals surface area contributed by atoms with Crippen LogP contribution in [0.25, 0.3) is 0 Å². The van der Waals surface area contributed by atoms with E-state index >= 15 is 0 Å². The molecule has 101 heavy (non-hydrogen) atoms. The van der Waals surface area contributed by atoms with Gasteiger partial charge < -0.3 is 96.4 Å². The number of carbonyl (C=O) groups excluding carboxylic acids is 11. The number of rotatable bonds is 48. The fourth-order valence-electron chi connectivity index (χ4n) is 10.4. The Labute approximate surface area is 591 Å². The molecule has 1 aliphatic rings. The van der Waals surface area contributed by atoms with E-state index in [2.05, 4.69) is 68.1 Å². The van der Waals surface area contributed by atoms with Crippen LogP contribution < -0.4 is 76.1 Å². The average Bonchev–Trinajstić information content (AvgIpc) is 1.54. The number of nitrogens with zero attached hydrogens (tertiary/aromatic N) is 2. The largest absolute Gasteiger partial charge is 0.481 e. The Morgan fingerprint density at radius 1 is 0.564 bits per heavy atom. The summed E-state index contributed by atoms with van der Waals surface area (Å²) in [4.78, 5) is 200. The van der Waals surface area contributed by atoms with Gasteiger partial charge in [-0.2, -0.15) is 0 Å². The van der Waals surface area contributed by atoms with E-state index in [4.69, 9.17) is 22.9 Å². The summed E-state index contributed by atoms with van der Waals surface area (Å²) in [6, 6.07) is -7.51. The zero-order chi connectivity index (χ0) is 75.6. The van der Waals surface area contributed by atoms with E-state index in [-0.39, 0.29) is 94.4 Å². The van der Waals surface area contributed by atoms with Crippen LogP contribution in [0.15, 0.2) is 47.8 Å². The lowest BCUT2D eigenvalue weighted by atomic mass is 9.96. The maximum Gasteiger partial charge on any atom is 0.326 e. The number of aromatic amines is 1. The number of aliphatic imine (C=N–C) groups is 1. The monoisotopic (exact) mass is 1440 g/mol. The molecule has 2 aromatic rings. The molecule has 0 saturated carbocycles. The lowest BCUT2D eigenvalue weighted by Gasteiger charge is -2.29. The third-order valence-electron chi connectivity index (χ3n) is 17.2. The van der Waals surface area contributed by atoms with Crippen molar-refractivity contribution in [3.8, 4) is 0 Å². The average molecular weight is 1440 g/mol. The number of carboxylic acids is 3. The van der Waals surface area contributed by atoms with Gasteiger partial charge in [0.25, 0.3) is 0 Å². The fraction of sp³-hybridized carbons (Fsp3) is 0.636. The van der Waals surface area contributed by atoms with Gasteiger partial charge in [0.05, 0.1) is 36.3 Å². The summed E-state index contributed by atoms with van der Waals surface area (Å²) in [5, 5.41) is 55.5. The number of unbranched alkanes of at least 4 members (excludes halogenated alkanes) is 1. The van der Waals surface area contributed by atoms with Gasteiger partial charge >= 0.3 is 17.9 Å². The highest BCUT2D eigenvalue weighted by Crippen LogP contribution is 2.25. The summed E-state index contributed by atoms with van der Waals surface area (Å²) >= 11 is 1.34. The van der Waals surface area contributed by atoms with Gasteiger partial charge in [-0.25, -0.2) is 9.78 Å². The Morgan fingerprint density at radius 3 is 1.65 bits per heavy atom. The minimum absolute atomic E-state index is 0.00510. The normalized spacial score (nSPS) is 16.9. The van der Waals surface area contributed by atoms with Crippen molar-refractivity contribution in [3.05, 3.63) is 54.1 Å². The zero-order valence-electron chi connectivity index (χ0n) is 58.7. The van der Waals surface area contributed by atoms with Crippen LogP contribution in [0.3, 0.4) is 0 Å². The van der Waals surface area contributed by atoms with Gasteiger partial charge in [0, 0.05) is 43.5 Å². The van der Waals surface area contributed by atoms with Crippen LogP contribution in [0.5, 0.6) is 0 Å². The molecule has 3 rings (SSSR count). The van der Waals surface area contributed by atoms with Gasteiger partial charge in [-0.15, -0.1) is 11.8 Å². The summed E-state index contributed by atoms with van der Waals surface area (Å²) in [6.45, 7) is 14.3. The molecule has 2 heterocycles. The van der Waals surface area contributed by atoms with Gasteiger partial charge in [0.2, 0.25) is 65.0 Å². The highest BCUT2D eigenvalue weighted by molar-refractivity contribution is 8.14. The molecule has 0 spiro atoms.